The Kier molecular flexibility index (Phi) is 7.91. The highest BCUT2D eigenvalue weighted by atomic mass is 32.2. The van der Waals surface area contributed by atoms with Crippen molar-refractivity contribution in [2.24, 2.45) is 5.92 Å². The molecule has 0 aromatic heterocycles. The highest BCUT2D eigenvalue weighted by Crippen LogP contribution is 2.33. The average molecular weight is 476 g/mol. The lowest BCUT2D eigenvalue weighted by atomic mass is 9.94. The number of rotatable bonds is 7. The van der Waals surface area contributed by atoms with E-state index in [-0.39, 0.29) is 11.8 Å². The normalized spacial score (nSPS) is 18.1. The number of hydrogen-bond acceptors (Lipinski definition) is 4. The van der Waals surface area contributed by atoms with E-state index in [2.05, 4.69) is 36.0 Å². The maximum absolute atomic E-state index is 12.9. The van der Waals surface area contributed by atoms with E-state index in [1.807, 2.05) is 60.4 Å². The molecule has 2 N–H and O–H groups in total. The number of aryl methyl sites for hydroxylation is 1. The molecule has 1 saturated heterocycles. The number of fused-ring (bicyclic) bond motifs is 1. The number of amides is 2. The Labute approximate surface area is 206 Å². The quantitative estimate of drug-likeness (QED) is 0.409. The molecule has 4 rings (SSSR count). The number of carbonyl (C=O) groups is 2. The van der Waals surface area contributed by atoms with Gasteiger partial charge in [0.25, 0.3) is 5.91 Å². The van der Waals surface area contributed by atoms with Gasteiger partial charge >= 0.3 is 0 Å². The predicted molar refractivity (Wildman–Crippen MR) is 141 cm³/mol. The van der Waals surface area contributed by atoms with Gasteiger partial charge in [-0.25, -0.2) is 0 Å². The first-order chi connectivity index (χ1) is 16.5. The summed E-state index contributed by atoms with van der Waals surface area (Å²) >= 11 is 1.64. The smallest absolute Gasteiger partial charge is 0.255 e. The molecule has 34 heavy (non-hydrogen) atoms. The highest BCUT2D eigenvalue weighted by Gasteiger charge is 2.28. The second-order valence-electron chi connectivity index (χ2n) is 9.11. The zero-order valence-electron chi connectivity index (χ0n) is 20.1. The van der Waals surface area contributed by atoms with Gasteiger partial charge in [-0.1, -0.05) is 56.3 Å². The summed E-state index contributed by atoms with van der Waals surface area (Å²) in [6.45, 7) is 7.83. The molecule has 6 heteroatoms. The van der Waals surface area contributed by atoms with E-state index in [0.717, 1.165) is 52.8 Å². The standard InChI is InChI=1S/C28H33N3O2S/c1-4-9-27(32)31-17-16-24(20(3)18-31)30-34-26-15-14-25(22-12-7-8-13-23(22)26)29-28(33)21-11-6-5-10-19(21)2/h5-8,10-15,20,24,30H,4,9,16-18H2,1-3H3,(H,29,33)/t20-,24+/m1/s1. The van der Waals surface area contributed by atoms with Crippen molar-refractivity contribution < 1.29 is 9.59 Å². The Hall–Kier alpha value is -2.83. The number of benzene rings is 3. The number of nitrogens with zero attached hydrogens (tertiary/aromatic N) is 1. The first kappa shape index (κ1) is 24.3. The van der Waals surface area contributed by atoms with Gasteiger partial charge in [-0.05, 0) is 66.8 Å². The minimum atomic E-state index is -0.0972. The lowest BCUT2D eigenvalue weighted by Gasteiger charge is -2.37. The van der Waals surface area contributed by atoms with Gasteiger partial charge in [0.2, 0.25) is 5.91 Å². The monoisotopic (exact) mass is 475 g/mol. The van der Waals surface area contributed by atoms with Crippen LogP contribution in [0.25, 0.3) is 10.8 Å². The Morgan fingerprint density at radius 3 is 2.50 bits per heavy atom. The molecule has 0 saturated carbocycles. The van der Waals surface area contributed by atoms with Gasteiger partial charge < -0.3 is 10.2 Å². The zero-order chi connectivity index (χ0) is 24.1. The number of hydrogen-bond donors (Lipinski definition) is 2. The lowest BCUT2D eigenvalue weighted by Crippen LogP contribution is -2.48. The Balaban J connectivity index is 1.46. The summed E-state index contributed by atoms with van der Waals surface area (Å²) < 4.78 is 3.66. The van der Waals surface area contributed by atoms with Crippen molar-refractivity contribution in [1.82, 2.24) is 9.62 Å². The summed E-state index contributed by atoms with van der Waals surface area (Å²) in [5.41, 5.74) is 2.45. The van der Waals surface area contributed by atoms with Crippen molar-refractivity contribution in [2.75, 3.05) is 18.4 Å². The number of piperidine rings is 1. The molecule has 1 heterocycles. The molecule has 2 amide bonds. The summed E-state index contributed by atoms with van der Waals surface area (Å²) in [7, 11) is 0. The molecule has 1 aliphatic rings. The van der Waals surface area contributed by atoms with Crippen molar-refractivity contribution in [2.45, 2.75) is 51.0 Å². The minimum absolute atomic E-state index is 0.0972. The van der Waals surface area contributed by atoms with E-state index >= 15 is 0 Å². The molecule has 0 radical (unpaired) electrons. The molecule has 2 atom stereocenters. The van der Waals surface area contributed by atoms with Crippen LogP contribution in [-0.4, -0.2) is 35.8 Å². The van der Waals surface area contributed by atoms with Crippen LogP contribution in [0.5, 0.6) is 0 Å². The van der Waals surface area contributed by atoms with E-state index in [9.17, 15) is 9.59 Å². The molecule has 1 aliphatic heterocycles. The molecule has 1 fully saturated rings. The minimum Gasteiger partial charge on any atom is -0.342 e. The summed E-state index contributed by atoms with van der Waals surface area (Å²) in [6.07, 6.45) is 2.49. The summed E-state index contributed by atoms with van der Waals surface area (Å²) in [5.74, 6) is 0.566. The van der Waals surface area contributed by atoms with Crippen LogP contribution in [0.1, 0.15) is 49.0 Å². The van der Waals surface area contributed by atoms with E-state index < -0.39 is 0 Å². The predicted octanol–water partition coefficient (Wildman–Crippen LogP) is 6.03. The molecule has 178 valence electrons. The molecule has 3 aromatic carbocycles. The number of anilines is 1. The summed E-state index contributed by atoms with van der Waals surface area (Å²) in [4.78, 5) is 28.3. The van der Waals surface area contributed by atoms with Crippen LogP contribution >= 0.6 is 11.9 Å². The first-order valence-corrected chi connectivity index (χ1v) is 12.9. The van der Waals surface area contributed by atoms with Crippen LogP contribution in [-0.2, 0) is 4.79 Å². The number of likely N-dealkylation sites (tertiary alicyclic amines) is 1. The van der Waals surface area contributed by atoms with Crippen molar-refractivity contribution >= 4 is 40.2 Å². The van der Waals surface area contributed by atoms with Gasteiger partial charge in [0.1, 0.15) is 0 Å². The molecule has 0 bridgehead atoms. The van der Waals surface area contributed by atoms with Crippen LogP contribution < -0.4 is 10.0 Å². The SMILES string of the molecule is CCCC(=O)N1CC[C@H](NSc2ccc(NC(=O)c3ccccc3C)c3ccccc23)[C@H](C)C1. The van der Waals surface area contributed by atoms with Gasteiger partial charge in [0, 0.05) is 47.1 Å². The first-order valence-electron chi connectivity index (χ1n) is 12.1. The fourth-order valence-corrected chi connectivity index (χ4v) is 5.60. The van der Waals surface area contributed by atoms with Crippen molar-refractivity contribution in [1.29, 1.82) is 0 Å². The van der Waals surface area contributed by atoms with Gasteiger partial charge in [-0.2, -0.15) is 0 Å². The second-order valence-corrected chi connectivity index (χ2v) is 9.99. The molecule has 0 unspecified atom stereocenters. The second kappa shape index (κ2) is 11.1. The van der Waals surface area contributed by atoms with Gasteiger partial charge in [-0.3, -0.25) is 14.3 Å². The van der Waals surface area contributed by atoms with E-state index in [4.69, 9.17) is 0 Å². The van der Waals surface area contributed by atoms with Crippen molar-refractivity contribution in [3.8, 4) is 0 Å². The summed E-state index contributed by atoms with van der Waals surface area (Å²) in [5, 5.41) is 5.22. The van der Waals surface area contributed by atoms with Crippen LogP contribution in [0, 0.1) is 12.8 Å². The van der Waals surface area contributed by atoms with E-state index in [1.54, 1.807) is 11.9 Å². The summed E-state index contributed by atoms with van der Waals surface area (Å²) in [6, 6.07) is 20.2. The molecule has 0 aliphatic carbocycles. The van der Waals surface area contributed by atoms with Gasteiger partial charge in [0.05, 0.1) is 0 Å². The molecule has 5 nitrogen and oxygen atoms in total. The third kappa shape index (κ3) is 5.45. The van der Waals surface area contributed by atoms with Gasteiger partial charge in [0.15, 0.2) is 0 Å². The lowest BCUT2D eigenvalue weighted by molar-refractivity contribution is -0.133. The van der Waals surface area contributed by atoms with Crippen molar-refractivity contribution in [3.63, 3.8) is 0 Å². The Morgan fingerprint density at radius 2 is 1.76 bits per heavy atom. The fraction of sp³-hybridized carbons (Fsp3) is 0.357. The van der Waals surface area contributed by atoms with Crippen LogP contribution in [0.3, 0.4) is 0 Å². The molecule has 0 spiro atoms. The van der Waals surface area contributed by atoms with E-state index in [1.165, 1.54) is 0 Å². The number of nitrogens with one attached hydrogen (secondary N) is 2. The third-order valence-corrected chi connectivity index (χ3v) is 7.56. The average Bonchev–Trinajstić information content (AvgIpc) is 2.84. The highest BCUT2D eigenvalue weighted by molar-refractivity contribution is 7.97. The van der Waals surface area contributed by atoms with Gasteiger partial charge in [-0.15, -0.1) is 0 Å². The molecule has 3 aromatic rings. The van der Waals surface area contributed by atoms with Crippen LogP contribution in [0.15, 0.2) is 65.6 Å². The van der Waals surface area contributed by atoms with Crippen LogP contribution in [0.2, 0.25) is 0 Å². The zero-order valence-corrected chi connectivity index (χ0v) is 21.0. The molecular weight excluding hydrogens is 442 g/mol. The molecular formula is C28H33N3O2S. The number of carbonyl (C=O) groups excluding carboxylic acids is 2. The third-order valence-electron chi connectivity index (χ3n) is 6.56. The fourth-order valence-electron chi connectivity index (χ4n) is 4.55. The maximum atomic E-state index is 12.9. The maximum Gasteiger partial charge on any atom is 0.255 e. The Bertz CT molecular complexity index is 1180. The Morgan fingerprint density at radius 1 is 1.03 bits per heavy atom. The largest absolute Gasteiger partial charge is 0.342 e. The van der Waals surface area contributed by atoms with Crippen molar-refractivity contribution in [3.05, 3.63) is 71.8 Å². The van der Waals surface area contributed by atoms with E-state index in [0.29, 0.717) is 23.9 Å². The van der Waals surface area contributed by atoms with Crippen LogP contribution in [0.4, 0.5) is 5.69 Å². The topological polar surface area (TPSA) is 61.4 Å².